The number of rotatable bonds is 3. The molecule has 3 heterocycles. The fraction of sp³-hybridized carbons (Fsp3) is 0.250. The number of piperidine rings is 1. The predicted octanol–water partition coefficient (Wildman–Crippen LogP) is 1.40. The second-order valence-electron chi connectivity index (χ2n) is 5.11. The van der Waals surface area contributed by atoms with Crippen LogP contribution in [-0.4, -0.2) is 34.4 Å². The number of nitrogens with one attached hydrogen (secondary N) is 1. The molecule has 1 aliphatic heterocycles. The predicted molar refractivity (Wildman–Crippen MR) is 81.3 cm³/mol. The zero-order chi connectivity index (χ0) is 15.4. The standard InChI is InChI=1S/C16H16N4O2/c21-15(12-5-8-17-9-6-12)19-14-4-2-10-20(16(14)22)13-3-1-7-18-11-13/h1,3,5-9,11,14H,2,4,10H2,(H,19,21)/t14-/m1/s1. The van der Waals surface area contributed by atoms with Crippen molar-refractivity contribution in [2.75, 3.05) is 11.4 Å². The summed E-state index contributed by atoms with van der Waals surface area (Å²) < 4.78 is 0. The molecule has 6 nitrogen and oxygen atoms in total. The van der Waals surface area contributed by atoms with E-state index in [4.69, 9.17) is 0 Å². The van der Waals surface area contributed by atoms with Gasteiger partial charge in [-0.2, -0.15) is 0 Å². The number of nitrogens with zero attached hydrogens (tertiary/aromatic N) is 3. The molecule has 1 fully saturated rings. The van der Waals surface area contributed by atoms with E-state index in [-0.39, 0.29) is 11.8 Å². The number of carbonyl (C=O) groups is 2. The molecule has 0 radical (unpaired) electrons. The van der Waals surface area contributed by atoms with Gasteiger partial charge in [-0.05, 0) is 37.1 Å². The highest BCUT2D eigenvalue weighted by molar-refractivity contribution is 6.02. The van der Waals surface area contributed by atoms with Gasteiger partial charge >= 0.3 is 0 Å². The van der Waals surface area contributed by atoms with Crippen molar-refractivity contribution in [2.45, 2.75) is 18.9 Å². The average molecular weight is 296 g/mol. The van der Waals surface area contributed by atoms with Crippen LogP contribution in [0.1, 0.15) is 23.2 Å². The second kappa shape index (κ2) is 6.34. The first kappa shape index (κ1) is 14.2. The maximum Gasteiger partial charge on any atom is 0.252 e. The van der Waals surface area contributed by atoms with Gasteiger partial charge in [0.1, 0.15) is 6.04 Å². The summed E-state index contributed by atoms with van der Waals surface area (Å²) in [5, 5.41) is 2.81. The van der Waals surface area contributed by atoms with Gasteiger partial charge in [0, 0.05) is 30.7 Å². The Balaban J connectivity index is 1.72. The number of hydrogen-bond donors (Lipinski definition) is 1. The van der Waals surface area contributed by atoms with Crippen LogP contribution in [0.4, 0.5) is 5.69 Å². The Morgan fingerprint density at radius 2 is 2.00 bits per heavy atom. The van der Waals surface area contributed by atoms with Crippen LogP contribution in [0.25, 0.3) is 0 Å². The lowest BCUT2D eigenvalue weighted by atomic mass is 10.0. The normalized spacial score (nSPS) is 18.1. The maximum absolute atomic E-state index is 12.6. The largest absolute Gasteiger partial charge is 0.340 e. The quantitative estimate of drug-likeness (QED) is 0.929. The Labute approximate surface area is 128 Å². The molecule has 22 heavy (non-hydrogen) atoms. The van der Waals surface area contributed by atoms with Crippen molar-refractivity contribution >= 4 is 17.5 Å². The van der Waals surface area contributed by atoms with Crippen molar-refractivity contribution < 1.29 is 9.59 Å². The molecule has 2 aromatic heterocycles. The number of anilines is 1. The van der Waals surface area contributed by atoms with Crippen molar-refractivity contribution in [3.8, 4) is 0 Å². The number of pyridine rings is 2. The summed E-state index contributed by atoms with van der Waals surface area (Å²) in [5.74, 6) is -0.351. The first-order chi connectivity index (χ1) is 10.8. The number of aromatic nitrogens is 2. The molecule has 3 rings (SSSR count). The summed E-state index contributed by atoms with van der Waals surface area (Å²) in [6, 6.07) is 6.39. The van der Waals surface area contributed by atoms with Gasteiger partial charge < -0.3 is 10.2 Å². The molecule has 0 saturated carbocycles. The van der Waals surface area contributed by atoms with E-state index in [2.05, 4.69) is 15.3 Å². The molecule has 1 saturated heterocycles. The van der Waals surface area contributed by atoms with Crippen LogP contribution in [-0.2, 0) is 4.79 Å². The minimum Gasteiger partial charge on any atom is -0.340 e. The molecule has 1 N–H and O–H groups in total. The molecule has 2 amide bonds. The third kappa shape index (κ3) is 2.95. The third-order valence-electron chi connectivity index (χ3n) is 3.64. The molecule has 0 aromatic carbocycles. The van der Waals surface area contributed by atoms with Gasteiger partial charge in [-0.25, -0.2) is 0 Å². The summed E-state index contributed by atoms with van der Waals surface area (Å²) >= 11 is 0. The molecule has 1 atom stereocenters. The minimum atomic E-state index is -0.505. The van der Waals surface area contributed by atoms with Crippen molar-refractivity contribution in [3.63, 3.8) is 0 Å². The monoisotopic (exact) mass is 296 g/mol. The van der Waals surface area contributed by atoms with E-state index in [1.165, 1.54) is 0 Å². The van der Waals surface area contributed by atoms with Crippen LogP contribution in [0, 0.1) is 0 Å². The summed E-state index contributed by atoms with van der Waals surface area (Å²) in [5.41, 5.74) is 1.26. The molecular formula is C16H16N4O2. The Morgan fingerprint density at radius 3 is 2.73 bits per heavy atom. The molecule has 2 aromatic rings. The van der Waals surface area contributed by atoms with Crippen LogP contribution in [0.15, 0.2) is 49.1 Å². The van der Waals surface area contributed by atoms with E-state index in [9.17, 15) is 9.59 Å². The van der Waals surface area contributed by atoms with Crippen LogP contribution in [0.2, 0.25) is 0 Å². The highest BCUT2D eigenvalue weighted by Gasteiger charge is 2.31. The van der Waals surface area contributed by atoms with Gasteiger partial charge in [0.15, 0.2) is 0 Å². The first-order valence-electron chi connectivity index (χ1n) is 7.18. The first-order valence-corrected chi connectivity index (χ1v) is 7.18. The molecule has 112 valence electrons. The Hall–Kier alpha value is -2.76. The molecule has 0 unspecified atom stereocenters. The van der Waals surface area contributed by atoms with Gasteiger partial charge in [0.05, 0.1) is 11.9 Å². The second-order valence-corrected chi connectivity index (χ2v) is 5.11. The molecule has 0 aliphatic carbocycles. The molecule has 6 heteroatoms. The van der Waals surface area contributed by atoms with Crippen molar-refractivity contribution in [3.05, 3.63) is 54.6 Å². The highest BCUT2D eigenvalue weighted by atomic mass is 16.2. The topological polar surface area (TPSA) is 75.2 Å². The minimum absolute atomic E-state index is 0.0957. The van der Waals surface area contributed by atoms with Gasteiger partial charge in [-0.3, -0.25) is 19.6 Å². The molecule has 0 bridgehead atoms. The van der Waals surface area contributed by atoms with Crippen LogP contribution < -0.4 is 10.2 Å². The lowest BCUT2D eigenvalue weighted by molar-refractivity contribution is -0.121. The number of carbonyl (C=O) groups excluding carboxylic acids is 2. The van der Waals surface area contributed by atoms with E-state index >= 15 is 0 Å². The van der Waals surface area contributed by atoms with Gasteiger partial charge in [0.2, 0.25) is 5.91 Å². The lowest BCUT2D eigenvalue weighted by Gasteiger charge is -2.32. The maximum atomic E-state index is 12.6. The fourth-order valence-electron chi connectivity index (χ4n) is 2.52. The number of amides is 2. The SMILES string of the molecule is O=C(N[C@@H]1CCCN(c2cccnc2)C1=O)c1ccncc1. The van der Waals surface area contributed by atoms with Crippen LogP contribution in [0.5, 0.6) is 0 Å². The van der Waals surface area contributed by atoms with Crippen molar-refractivity contribution in [1.82, 2.24) is 15.3 Å². The average Bonchev–Trinajstić information content (AvgIpc) is 2.58. The summed E-state index contributed by atoms with van der Waals surface area (Å²) in [6.07, 6.45) is 7.92. The highest BCUT2D eigenvalue weighted by Crippen LogP contribution is 2.20. The Bertz CT molecular complexity index is 660. The van der Waals surface area contributed by atoms with Crippen LogP contribution in [0.3, 0.4) is 0 Å². The van der Waals surface area contributed by atoms with Crippen molar-refractivity contribution in [2.24, 2.45) is 0 Å². The summed E-state index contributed by atoms with van der Waals surface area (Å²) in [6.45, 7) is 0.645. The van der Waals surface area contributed by atoms with E-state index in [0.717, 1.165) is 12.1 Å². The smallest absolute Gasteiger partial charge is 0.252 e. The summed E-state index contributed by atoms with van der Waals surface area (Å²) in [4.78, 5) is 34.3. The zero-order valence-corrected chi connectivity index (χ0v) is 12.0. The van der Waals surface area contributed by atoms with Crippen molar-refractivity contribution in [1.29, 1.82) is 0 Å². The molecule has 0 spiro atoms. The van der Waals surface area contributed by atoms with E-state index in [1.54, 1.807) is 47.9 Å². The van der Waals surface area contributed by atoms with Gasteiger partial charge in [-0.1, -0.05) is 0 Å². The fourth-order valence-corrected chi connectivity index (χ4v) is 2.52. The third-order valence-corrected chi connectivity index (χ3v) is 3.64. The zero-order valence-electron chi connectivity index (χ0n) is 12.0. The van der Waals surface area contributed by atoms with Gasteiger partial charge in [-0.15, -0.1) is 0 Å². The van der Waals surface area contributed by atoms with E-state index < -0.39 is 6.04 Å². The lowest BCUT2D eigenvalue weighted by Crippen LogP contribution is -2.52. The Kier molecular flexibility index (Phi) is 4.09. The number of hydrogen-bond acceptors (Lipinski definition) is 4. The van der Waals surface area contributed by atoms with E-state index in [0.29, 0.717) is 18.5 Å². The van der Waals surface area contributed by atoms with Gasteiger partial charge in [0.25, 0.3) is 5.91 Å². The molecular weight excluding hydrogens is 280 g/mol. The summed E-state index contributed by atoms with van der Waals surface area (Å²) in [7, 11) is 0. The molecule has 1 aliphatic rings. The van der Waals surface area contributed by atoms with Crippen LogP contribution >= 0.6 is 0 Å². The van der Waals surface area contributed by atoms with E-state index in [1.807, 2.05) is 6.07 Å². The Morgan fingerprint density at radius 1 is 1.18 bits per heavy atom.